The number of amides is 1. The maximum atomic E-state index is 12.5. The number of aromatic nitrogens is 2. The van der Waals surface area contributed by atoms with Crippen LogP contribution < -0.4 is 20.7 Å². The fraction of sp³-hybridized carbons (Fsp3) is 0.476. The fourth-order valence-electron chi connectivity index (χ4n) is 3.51. The molecular weight excluding hydrogens is 354 g/mol. The largest absolute Gasteiger partial charge is 0.494 e. The average Bonchev–Trinajstić information content (AvgIpc) is 2.73. The number of ether oxygens (including phenoxy) is 1. The van der Waals surface area contributed by atoms with Gasteiger partial charge in [-0.1, -0.05) is 31.4 Å². The second-order valence-electron chi connectivity index (χ2n) is 7.13. The van der Waals surface area contributed by atoms with Crippen molar-refractivity contribution in [3.05, 3.63) is 41.6 Å². The van der Waals surface area contributed by atoms with Crippen LogP contribution in [0.2, 0.25) is 0 Å². The lowest BCUT2D eigenvalue weighted by molar-refractivity contribution is 0.0951. The number of benzene rings is 1. The van der Waals surface area contributed by atoms with Crippen LogP contribution in [0.15, 0.2) is 30.5 Å². The van der Waals surface area contributed by atoms with E-state index in [4.69, 9.17) is 10.5 Å². The molecule has 1 aromatic carbocycles. The van der Waals surface area contributed by atoms with Crippen molar-refractivity contribution in [2.75, 3.05) is 24.3 Å². The minimum absolute atomic E-state index is 0.205. The quantitative estimate of drug-likeness (QED) is 0.763. The van der Waals surface area contributed by atoms with E-state index in [1.165, 1.54) is 25.5 Å². The first kappa shape index (κ1) is 19.9. The number of hydrogen-bond donors (Lipinski definition) is 2. The average molecular weight is 383 g/mol. The van der Waals surface area contributed by atoms with Gasteiger partial charge in [-0.3, -0.25) is 4.79 Å². The third-order valence-corrected chi connectivity index (χ3v) is 5.18. The van der Waals surface area contributed by atoms with Gasteiger partial charge < -0.3 is 20.7 Å². The van der Waals surface area contributed by atoms with E-state index in [0.717, 1.165) is 24.2 Å². The molecule has 0 aliphatic heterocycles. The molecule has 0 spiro atoms. The Hall–Kier alpha value is -2.83. The van der Waals surface area contributed by atoms with E-state index < -0.39 is 0 Å². The molecule has 3 rings (SSSR count). The number of anilines is 2. The van der Waals surface area contributed by atoms with Gasteiger partial charge in [0.2, 0.25) is 5.95 Å². The summed E-state index contributed by atoms with van der Waals surface area (Å²) in [5, 5.41) is 2.87. The van der Waals surface area contributed by atoms with Crippen LogP contribution in [0, 0.1) is 0 Å². The Morgan fingerprint density at radius 1 is 1.25 bits per heavy atom. The standard InChI is InChI=1S/C21H29N5O2/c1-3-28-17-11-9-15(10-12-17)13-23-20(27)18-14-24-21(25-19(18)22)26(2)16-7-5-4-6-8-16/h9-12,14,16H,3-8,13H2,1-2H3,(H,23,27)(H2,22,24,25). The van der Waals surface area contributed by atoms with Crippen LogP contribution in [-0.4, -0.2) is 35.6 Å². The number of nitrogen functional groups attached to an aromatic ring is 1. The lowest BCUT2D eigenvalue weighted by Gasteiger charge is -2.31. The Labute approximate surface area is 166 Å². The molecule has 7 heteroatoms. The molecule has 1 aliphatic carbocycles. The van der Waals surface area contributed by atoms with Crippen LogP contribution in [0.4, 0.5) is 11.8 Å². The molecule has 7 nitrogen and oxygen atoms in total. The summed E-state index contributed by atoms with van der Waals surface area (Å²) in [6, 6.07) is 8.06. The van der Waals surface area contributed by atoms with Crippen molar-refractivity contribution in [3.8, 4) is 5.75 Å². The summed E-state index contributed by atoms with van der Waals surface area (Å²) in [5.41, 5.74) is 7.33. The second-order valence-corrected chi connectivity index (χ2v) is 7.13. The maximum absolute atomic E-state index is 12.5. The normalized spacial score (nSPS) is 14.5. The Balaban J connectivity index is 1.60. The predicted molar refractivity (Wildman–Crippen MR) is 111 cm³/mol. The first-order valence-electron chi connectivity index (χ1n) is 9.93. The van der Waals surface area contributed by atoms with Crippen molar-refractivity contribution < 1.29 is 9.53 Å². The van der Waals surface area contributed by atoms with E-state index >= 15 is 0 Å². The lowest BCUT2D eigenvalue weighted by Crippen LogP contribution is -2.35. The number of rotatable bonds is 7. The van der Waals surface area contributed by atoms with Crippen LogP contribution in [0.25, 0.3) is 0 Å². The molecule has 0 unspecified atom stereocenters. The molecule has 1 heterocycles. The maximum Gasteiger partial charge on any atom is 0.256 e. The van der Waals surface area contributed by atoms with Crippen LogP contribution in [0.3, 0.4) is 0 Å². The first-order chi connectivity index (χ1) is 13.6. The van der Waals surface area contributed by atoms with Crippen molar-refractivity contribution in [2.24, 2.45) is 0 Å². The minimum Gasteiger partial charge on any atom is -0.494 e. The zero-order valence-corrected chi connectivity index (χ0v) is 16.6. The van der Waals surface area contributed by atoms with Gasteiger partial charge in [0.25, 0.3) is 5.91 Å². The number of nitrogens with zero attached hydrogens (tertiary/aromatic N) is 3. The van der Waals surface area contributed by atoms with Crippen molar-refractivity contribution in [2.45, 2.75) is 51.6 Å². The summed E-state index contributed by atoms with van der Waals surface area (Å²) in [4.78, 5) is 23.3. The van der Waals surface area contributed by atoms with Crippen molar-refractivity contribution >= 4 is 17.7 Å². The molecular formula is C21H29N5O2. The summed E-state index contributed by atoms with van der Waals surface area (Å²) in [5.74, 6) is 1.32. The topological polar surface area (TPSA) is 93.4 Å². The number of nitrogens with two attached hydrogens (primary N) is 1. The molecule has 0 radical (unpaired) electrons. The highest BCUT2D eigenvalue weighted by molar-refractivity contribution is 5.98. The van der Waals surface area contributed by atoms with Crippen molar-refractivity contribution in [1.82, 2.24) is 15.3 Å². The van der Waals surface area contributed by atoms with Crippen molar-refractivity contribution in [3.63, 3.8) is 0 Å². The minimum atomic E-state index is -0.279. The molecule has 1 aliphatic rings. The highest BCUT2D eigenvalue weighted by Gasteiger charge is 2.21. The predicted octanol–water partition coefficient (Wildman–Crippen LogP) is 3.16. The van der Waals surface area contributed by atoms with Gasteiger partial charge in [0.05, 0.1) is 12.2 Å². The molecule has 2 aromatic rings. The zero-order valence-electron chi connectivity index (χ0n) is 16.6. The fourth-order valence-corrected chi connectivity index (χ4v) is 3.51. The molecule has 1 saturated carbocycles. The lowest BCUT2D eigenvalue weighted by atomic mass is 9.95. The van der Waals surface area contributed by atoms with Crippen LogP contribution >= 0.6 is 0 Å². The molecule has 28 heavy (non-hydrogen) atoms. The molecule has 0 atom stereocenters. The van der Waals surface area contributed by atoms with E-state index in [9.17, 15) is 4.79 Å². The zero-order chi connectivity index (χ0) is 19.9. The van der Waals surface area contributed by atoms with Crippen molar-refractivity contribution in [1.29, 1.82) is 0 Å². The smallest absolute Gasteiger partial charge is 0.256 e. The van der Waals surface area contributed by atoms with E-state index in [1.807, 2.05) is 38.2 Å². The van der Waals surface area contributed by atoms with Gasteiger partial charge in [-0.05, 0) is 37.5 Å². The molecule has 150 valence electrons. The highest BCUT2D eigenvalue weighted by atomic mass is 16.5. The molecule has 3 N–H and O–H groups in total. The van der Waals surface area contributed by atoms with Gasteiger partial charge in [-0.25, -0.2) is 4.98 Å². The van der Waals surface area contributed by atoms with Gasteiger partial charge in [-0.2, -0.15) is 4.98 Å². The Bertz CT molecular complexity index is 788. The number of nitrogens with one attached hydrogen (secondary N) is 1. The number of hydrogen-bond acceptors (Lipinski definition) is 6. The van der Waals surface area contributed by atoms with E-state index in [0.29, 0.717) is 30.7 Å². The Morgan fingerprint density at radius 3 is 2.61 bits per heavy atom. The van der Waals surface area contributed by atoms with Gasteiger partial charge in [0, 0.05) is 25.8 Å². The first-order valence-corrected chi connectivity index (χ1v) is 9.93. The van der Waals surface area contributed by atoms with E-state index in [1.54, 1.807) is 0 Å². The van der Waals surface area contributed by atoms with Gasteiger partial charge >= 0.3 is 0 Å². The molecule has 0 bridgehead atoms. The molecule has 1 amide bonds. The molecule has 0 saturated heterocycles. The monoisotopic (exact) mass is 383 g/mol. The summed E-state index contributed by atoms with van der Waals surface area (Å²) in [6.07, 6.45) is 7.56. The molecule has 1 fully saturated rings. The Morgan fingerprint density at radius 2 is 1.96 bits per heavy atom. The Kier molecular flexibility index (Phi) is 6.68. The highest BCUT2D eigenvalue weighted by Crippen LogP contribution is 2.25. The van der Waals surface area contributed by atoms with Crippen LogP contribution in [0.5, 0.6) is 5.75 Å². The summed E-state index contributed by atoms with van der Waals surface area (Å²) in [6.45, 7) is 2.97. The van der Waals surface area contributed by atoms with Gasteiger partial charge in [0.15, 0.2) is 0 Å². The summed E-state index contributed by atoms with van der Waals surface area (Å²) in [7, 11) is 2.00. The summed E-state index contributed by atoms with van der Waals surface area (Å²) >= 11 is 0. The summed E-state index contributed by atoms with van der Waals surface area (Å²) < 4.78 is 5.42. The number of carbonyl (C=O) groups is 1. The van der Waals surface area contributed by atoms with Crippen LogP contribution in [0.1, 0.15) is 54.9 Å². The van der Waals surface area contributed by atoms with Crippen LogP contribution in [-0.2, 0) is 6.54 Å². The SMILES string of the molecule is CCOc1ccc(CNC(=O)c2cnc(N(C)C3CCCCC3)nc2N)cc1. The van der Waals surface area contributed by atoms with E-state index in [-0.39, 0.29) is 11.7 Å². The van der Waals surface area contributed by atoms with Gasteiger partial charge in [-0.15, -0.1) is 0 Å². The number of carbonyl (C=O) groups excluding carboxylic acids is 1. The third kappa shape index (κ3) is 4.91. The second kappa shape index (κ2) is 9.39. The van der Waals surface area contributed by atoms with Gasteiger partial charge in [0.1, 0.15) is 11.6 Å². The molecule has 1 aromatic heterocycles. The third-order valence-electron chi connectivity index (χ3n) is 5.18. The van der Waals surface area contributed by atoms with E-state index in [2.05, 4.69) is 20.2 Å².